The number of aliphatic hydroxyl groups excluding tert-OH is 1. The molecule has 1 spiro atoms. The molecule has 6 nitrogen and oxygen atoms in total. The van der Waals surface area contributed by atoms with Crippen molar-refractivity contribution in [3.63, 3.8) is 0 Å². The molecule has 5 N–H and O–H groups in total. The van der Waals surface area contributed by atoms with Crippen molar-refractivity contribution in [2.24, 2.45) is 21.5 Å². The number of hydrogen-bond acceptors (Lipinski definition) is 6. The third-order valence-electron chi connectivity index (χ3n) is 4.20. The van der Waals surface area contributed by atoms with Gasteiger partial charge in [0.2, 0.25) is 11.9 Å². The standard InChI is InChI=1S/C15H21N5O/c16-13-18-14(17)20(12-6-4-5-11(9-12)10-21)15(19-13)7-2-1-3-8-15/h4-6,9,21H,1-3,7-8,10H2,(H4,16,17,18,19). The second kappa shape index (κ2) is 5.37. The molecular formula is C15H21N5O. The Labute approximate surface area is 124 Å². The fraction of sp³-hybridized carbons (Fsp3) is 0.467. The van der Waals surface area contributed by atoms with Crippen molar-refractivity contribution >= 4 is 17.6 Å². The molecule has 1 aliphatic heterocycles. The molecule has 3 rings (SSSR count). The van der Waals surface area contributed by atoms with Crippen LogP contribution in [0.1, 0.15) is 37.7 Å². The van der Waals surface area contributed by atoms with E-state index in [2.05, 4.69) is 9.98 Å². The molecule has 0 saturated heterocycles. The molecule has 1 aromatic carbocycles. The smallest absolute Gasteiger partial charge is 0.220 e. The minimum atomic E-state index is -0.428. The van der Waals surface area contributed by atoms with Gasteiger partial charge in [-0.2, -0.15) is 4.99 Å². The van der Waals surface area contributed by atoms with Gasteiger partial charge in [0.05, 0.1) is 6.61 Å². The lowest BCUT2D eigenvalue weighted by molar-refractivity contribution is 0.281. The number of benzene rings is 1. The first-order chi connectivity index (χ1) is 10.1. The van der Waals surface area contributed by atoms with Crippen molar-refractivity contribution in [1.29, 1.82) is 0 Å². The maximum Gasteiger partial charge on any atom is 0.220 e. The van der Waals surface area contributed by atoms with Crippen LogP contribution in [0, 0.1) is 0 Å². The van der Waals surface area contributed by atoms with Crippen molar-refractivity contribution in [2.45, 2.75) is 44.4 Å². The Hall–Kier alpha value is -2.08. The average Bonchev–Trinajstić information content (AvgIpc) is 2.47. The Morgan fingerprint density at radius 3 is 2.67 bits per heavy atom. The molecule has 0 amide bonds. The number of hydrogen-bond donors (Lipinski definition) is 3. The van der Waals surface area contributed by atoms with Crippen molar-refractivity contribution < 1.29 is 5.11 Å². The molecule has 1 aliphatic carbocycles. The minimum absolute atomic E-state index is 0.00284. The van der Waals surface area contributed by atoms with Gasteiger partial charge in [-0.05, 0) is 43.4 Å². The number of anilines is 1. The SMILES string of the molecule is NC1=NC2(CCCCC2)N(c2cccc(CO)c2)C(N)=N1. The van der Waals surface area contributed by atoms with Crippen molar-refractivity contribution in [3.05, 3.63) is 29.8 Å². The lowest BCUT2D eigenvalue weighted by atomic mass is 9.87. The molecule has 1 aromatic rings. The summed E-state index contributed by atoms with van der Waals surface area (Å²) in [4.78, 5) is 10.7. The van der Waals surface area contributed by atoms with Gasteiger partial charge in [-0.3, -0.25) is 4.90 Å². The van der Waals surface area contributed by atoms with Crippen LogP contribution in [0.5, 0.6) is 0 Å². The second-order valence-corrected chi connectivity index (χ2v) is 5.65. The Morgan fingerprint density at radius 2 is 1.95 bits per heavy atom. The first kappa shape index (κ1) is 13.9. The van der Waals surface area contributed by atoms with Gasteiger partial charge in [-0.15, -0.1) is 0 Å². The number of rotatable bonds is 2. The van der Waals surface area contributed by atoms with Crippen molar-refractivity contribution in [1.82, 2.24) is 0 Å². The predicted octanol–water partition coefficient (Wildman–Crippen LogP) is 1.29. The van der Waals surface area contributed by atoms with E-state index in [4.69, 9.17) is 11.5 Å². The quantitative estimate of drug-likeness (QED) is 0.763. The Balaban J connectivity index is 2.06. The van der Waals surface area contributed by atoms with E-state index < -0.39 is 5.66 Å². The summed E-state index contributed by atoms with van der Waals surface area (Å²) < 4.78 is 0. The second-order valence-electron chi connectivity index (χ2n) is 5.65. The van der Waals surface area contributed by atoms with Crippen LogP contribution in [0.3, 0.4) is 0 Å². The van der Waals surface area contributed by atoms with Crippen LogP contribution in [0.25, 0.3) is 0 Å². The monoisotopic (exact) mass is 287 g/mol. The van der Waals surface area contributed by atoms with Gasteiger partial charge < -0.3 is 16.6 Å². The molecule has 21 heavy (non-hydrogen) atoms. The van der Waals surface area contributed by atoms with E-state index in [9.17, 15) is 5.11 Å². The van der Waals surface area contributed by atoms with E-state index in [1.807, 2.05) is 29.2 Å². The highest BCUT2D eigenvalue weighted by atomic mass is 16.3. The zero-order valence-electron chi connectivity index (χ0n) is 12.0. The van der Waals surface area contributed by atoms with E-state index in [0.29, 0.717) is 5.96 Å². The van der Waals surface area contributed by atoms with Crippen LogP contribution >= 0.6 is 0 Å². The van der Waals surface area contributed by atoms with Crippen LogP contribution in [-0.4, -0.2) is 22.7 Å². The third kappa shape index (κ3) is 2.47. The number of nitrogens with two attached hydrogens (primary N) is 2. The number of aliphatic hydroxyl groups is 1. The highest BCUT2D eigenvalue weighted by Gasteiger charge is 2.42. The summed E-state index contributed by atoms with van der Waals surface area (Å²) in [6.07, 6.45) is 5.22. The molecule has 1 fully saturated rings. The molecule has 112 valence electrons. The summed E-state index contributed by atoms with van der Waals surface area (Å²) in [6.45, 7) is -0.00284. The van der Waals surface area contributed by atoms with E-state index in [1.165, 1.54) is 6.42 Å². The third-order valence-corrected chi connectivity index (χ3v) is 4.20. The average molecular weight is 287 g/mol. The molecule has 6 heteroatoms. The summed E-state index contributed by atoms with van der Waals surface area (Å²) >= 11 is 0. The van der Waals surface area contributed by atoms with Crippen LogP contribution in [-0.2, 0) is 6.61 Å². The molecule has 2 aliphatic rings. The van der Waals surface area contributed by atoms with Gasteiger partial charge in [-0.1, -0.05) is 18.6 Å². The lowest BCUT2D eigenvalue weighted by Crippen LogP contribution is -2.58. The summed E-state index contributed by atoms with van der Waals surface area (Å²) in [5.41, 5.74) is 13.3. The minimum Gasteiger partial charge on any atom is -0.392 e. The molecule has 0 radical (unpaired) electrons. The van der Waals surface area contributed by atoms with Crippen LogP contribution in [0.15, 0.2) is 34.3 Å². The summed E-state index contributed by atoms with van der Waals surface area (Å²) in [5.74, 6) is 0.628. The van der Waals surface area contributed by atoms with E-state index in [1.54, 1.807) is 0 Å². The zero-order valence-corrected chi connectivity index (χ0v) is 12.0. The maximum atomic E-state index is 9.34. The summed E-state index contributed by atoms with van der Waals surface area (Å²) in [7, 11) is 0. The summed E-state index contributed by atoms with van der Waals surface area (Å²) in [6, 6.07) is 7.68. The zero-order chi connectivity index (χ0) is 14.9. The lowest BCUT2D eigenvalue weighted by Gasteiger charge is -2.45. The molecular weight excluding hydrogens is 266 g/mol. The van der Waals surface area contributed by atoms with Gasteiger partial charge in [-0.25, -0.2) is 4.99 Å². The fourth-order valence-corrected chi connectivity index (χ4v) is 3.29. The molecule has 0 atom stereocenters. The Bertz CT molecular complexity index is 589. The molecule has 0 unspecified atom stereocenters. The predicted molar refractivity (Wildman–Crippen MR) is 83.9 cm³/mol. The molecule has 0 bridgehead atoms. The summed E-state index contributed by atoms with van der Waals surface area (Å²) in [5, 5.41) is 9.34. The molecule has 1 saturated carbocycles. The van der Waals surface area contributed by atoms with Gasteiger partial charge >= 0.3 is 0 Å². The van der Waals surface area contributed by atoms with Gasteiger partial charge in [0.1, 0.15) is 5.66 Å². The first-order valence-corrected chi connectivity index (χ1v) is 7.34. The van der Waals surface area contributed by atoms with Crippen LogP contribution in [0.4, 0.5) is 5.69 Å². The number of nitrogens with zero attached hydrogens (tertiary/aromatic N) is 3. The maximum absolute atomic E-state index is 9.34. The van der Waals surface area contributed by atoms with Crippen LogP contribution < -0.4 is 16.4 Å². The Morgan fingerprint density at radius 1 is 1.19 bits per heavy atom. The largest absolute Gasteiger partial charge is 0.392 e. The van der Waals surface area contributed by atoms with Crippen molar-refractivity contribution in [3.8, 4) is 0 Å². The Kier molecular flexibility index (Phi) is 3.55. The normalized spacial score (nSPS) is 21.1. The van der Waals surface area contributed by atoms with Crippen LogP contribution in [0.2, 0.25) is 0 Å². The van der Waals surface area contributed by atoms with Gasteiger partial charge in [0, 0.05) is 5.69 Å². The fourth-order valence-electron chi connectivity index (χ4n) is 3.29. The number of guanidine groups is 2. The van der Waals surface area contributed by atoms with E-state index in [0.717, 1.165) is 36.9 Å². The molecule has 0 aromatic heterocycles. The van der Waals surface area contributed by atoms with Crippen molar-refractivity contribution in [2.75, 3.05) is 4.90 Å². The highest BCUT2D eigenvalue weighted by Crippen LogP contribution is 2.39. The first-order valence-electron chi connectivity index (χ1n) is 7.34. The van der Waals surface area contributed by atoms with E-state index in [-0.39, 0.29) is 12.6 Å². The highest BCUT2D eigenvalue weighted by molar-refractivity contribution is 6.05. The van der Waals surface area contributed by atoms with Gasteiger partial charge in [0.15, 0.2) is 0 Å². The molecule has 1 heterocycles. The van der Waals surface area contributed by atoms with Gasteiger partial charge in [0.25, 0.3) is 0 Å². The number of aliphatic imine (C=N–C) groups is 2. The topological polar surface area (TPSA) is 100 Å². The van der Waals surface area contributed by atoms with E-state index >= 15 is 0 Å².